The highest BCUT2D eigenvalue weighted by atomic mass is 32.2. The minimum Gasteiger partial charge on any atom is -0.497 e. The first-order valence-corrected chi connectivity index (χ1v) is 10.4. The molecule has 0 bridgehead atoms. The summed E-state index contributed by atoms with van der Waals surface area (Å²) in [7, 11) is -0.479. The first-order chi connectivity index (χ1) is 13.3. The van der Waals surface area contributed by atoms with Gasteiger partial charge in [0.1, 0.15) is 17.2 Å². The number of hydrogen-bond donors (Lipinski definition) is 1. The van der Waals surface area contributed by atoms with Crippen molar-refractivity contribution in [3.05, 3.63) is 42.5 Å². The molecule has 0 aromatic heterocycles. The molecule has 1 heterocycles. The van der Waals surface area contributed by atoms with Crippen molar-refractivity contribution >= 4 is 27.3 Å². The zero-order chi connectivity index (χ0) is 20.3. The summed E-state index contributed by atoms with van der Waals surface area (Å²) in [5.41, 5.74) is 0.854. The van der Waals surface area contributed by atoms with Crippen LogP contribution in [0.4, 0.5) is 11.4 Å². The van der Waals surface area contributed by atoms with Crippen LogP contribution >= 0.6 is 0 Å². The number of benzene rings is 2. The second-order valence-electron chi connectivity index (χ2n) is 6.25. The molecule has 2 aromatic carbocycles. The number of carbonyl (C=O) groups excluding carboxylic acids is 1. The Bertz CT molecular complexity index is 976. The molecule has 0 spiro atoms. The van der Waals surface area contributed by atoms with Crippen molar-refractivity contribution in [2.75, 3.05) is 36.6 Å². The first kappa shape index (κ1) is 19.8. The number of para-hydroxylation sites is 2. The molecular weight excluding hydrogens is 384 g/mol. The largest absolute Gasteiger partial charge is 0.497 e. The molecule has 8 nitrogen and oxygen atoms in total. The Hall–Kier alpha value is -2.94. The minimum absolute atomic E-state index is 0.128. The number of fused-ring (bicyclic) bond motifs is 1. The lowest BCUT2D eigenvalue weighted by molar-refractivity contribution is -0.122. The number of sulfonamides is 1. The maximum Gasteiger partial charge on any atom is 0.265 e. The van der Waals surface area contributed by atoms with Crippen LogP contribution < -0.4 is 23.8 Å². The molecular formula is C19H22N2O6S. The average molecular weight is 406 g/mol. The van der Waals surface area contributed by atoms with Crippen molar-refractivity contribution in [1.29, 1.82) is 0 Å². The lowest BCUT2D eigenvalue weighted by Gasteiger charge is -2.20. The Morgan fingerprint density at radius 3 is 2.61 bits per heavy atom. The van der Waals surface area contributed by atoms with E-state index in [0.29, 0.717) is 28.6 Å². The molecule has 0 unspecified atom stereocenters. The summed E-state index contributed by atoms with van der Waals surface area (Å²) >= 11 is 0. The van der Waals surface area contributed by atoms with E-state index in [9.17, 15) is 13.2 Å². The van der Waals surface area contributed by atoms with Gasteiger partial charge in [-0.3, -0.25) is 9.10 Å². The maximum atomic E-state index is 12.9. The fourth-order valence-electron chi connectivity index (χ4n) is 2.98. The van der Waals surface area contributed by atoms with Gasteiger partial charge in [0.05, 0.1) is 31.9 Å². The van der Waals surface area contributed by atoms with Crippen molar-refractivity contribution in [1.82, 2.24) is 0 Å². The Labute approximate surface area is 164 Å². The summed E-state index contributed by atoms with van der Waals surface area (Å²) in [6.45, 7) is 0.128. The van der Waals surface area contributed by atoms with Gasteiger partial charge in [0, 0.05) is 19.0 Å². The van der Waals surface area contributed by atoms with Crippen molar-refractivity contribution in [2.24, 2.45) is 0 Å². The Morgan fingerprint density at radius 1 is 1.18 bits per heavy atom. The zero-order valence-electron chi connectivity index (χ0n) is 15.8. The summed E-state index contributed by atoms with van der Waals surface area (Å²) in [4.78, 5) is 12.9. The molecule has 9 heteroatoms. The highest BCUT2D eigenvalue weighted by molar-refractivity contribution is 7.92. The van der Waals surface area contributed by atoms with Gasteiger partial charge >= 0.3 is 0 Å². The van der Waals surface area contributed by atoms with Gasteiger partial charge in [-0.15, -0.1) is 0 Å². The van der Waals surface area contributed by atoms with Gasteiger partial charge in [-0.05, 0) is 24.3 Å². The molecule has 1 N–H and O–H groups in total. The summed E-state index contributed by atoms with van der Waals surface area (Å²) in [6, 6.07) is 11.8. The van der Waals surface area contributed by atoms with Crippen LogP contribution in [0.5, 0.6) is 17.2 Å². The topological polar surface area (TPSA) is 94.2 Å². The third-order valence-electron chi connectivity index (χ3n) is 4.35. The Kier molecular flexibility index (Phi) is 5.64. The van der Waals surface area contributed by atoms with Gasteiger partial charge in [0.2, 0.25) is 10.0 Å². The number of hydrogen-bond acceptors (Lipinski definition) is 6. The maximum absolute atomic E-state index is 12.9. The number of amides is 1. The van der Waals surface area contributed by atoms with Crippen molar-refractivity contribution in [3.63, 3.8) is 0 Å². The van der Waals surface area contributed by atoms with E-state index in [2.05, 4.69) is 5.32 Å². The number of rotatable bonds is 5. The van der Waals surface area contributed by atoms with E-state index in [1.807, 2.05) is 0 Å². The van der Waals surface area contributed by atoms with Crippen LogP contribution in [0.1, 0.15) is 6.42 Å². The molecule has 1 aliphatic rings. The number of nitrogens with one attached hydrogen (secondary N) is 1. The lowest BCUT2D eigenvalue weighted by Crippen LogP contribution is -2.36. The van der Waals surface area contributed by atoms with Crippen LogP contribution in [0, 0.1) is 0 Å². The Balaban J connectivity index is 1.87. The highest BCUT2D eigenvalue weighted by Gasteiger charge is 2.31. The second-order valence-corrected chi connectivity index (χ2v) is 8.16. The van der Waals surface area contributed by atoms with E-state index in [-0.39, 0.29) is 13.0 Å². The van der Waals surface area contributed by atoms with Crippen molar-refractivity contribution in [2.45, 2.75) is 12.5 Å². The van der Waals surface area contributed by atoms with Gasteiger partial charge in [0.25, 0.3) is 5.91 Å². The molecule has 0 saturated heterocycles. The van der Waals surface area contributed by atoms with Gasteiger partial charge in [-0.1, -0.05) is 12.1 Å². The fraction of sp³-hybridized carbons (Fsp3) is 0.316. The van der Waals surface area contributed by atoms with Crippen molar-refractivity contribution in [3.8, 4) is 17.2 Å². The number of nitrogens with zero attached hydrogens (tertiary/aromatic N) is 1. The van der Waals surface area contributed by atoms with Crippen LogP contribution in [-0.4, -0.2) is 47.4 Å². The molecule has 0 radical (unpaired) electrons. The van der Waals surface area contributed by atoms with E-state index in [1.165, 1.54) is 18.5 Å². The number of carbonyl (C=O) groups is 1. The van der Waals surface area contributed by atoms with E-state index < -0.39 is 22.0 Å². The third kappa shape index (κ3) is 4.14. The molecule has 1 atom stereocenters. The van der Waals surface area contributed by atoms with Crippen LogP contribution in [-0.2, 0) is 14.8 Å². The third-order valence-corrected chi connectivity index (χ3v) is 5.53. The summed E-state index contributed by atoms with van der Waals surface area (Å²) in [5, 5.41) is 2.78. The first-order valence-electron chi connectivity index (χ1n) is 8.59. The molecule has 2 aromatic rings. The standard InChI is InChI=1S/C19H22N2O6S/c1-25-13-8-9-16(26-2)14(12-13)20-19(22)18-10-11-21(28(3,23)24)15-6-4-5-7-17(15)27-18/h4-9,12,18H,10-11H2,1-3H3,(H,20,22)/t18-/m1/s1. The van der Waals surface area contributed by atoms with Crippen LogP contribution in [0.15, 0.2) is 42.5 Å². The second kappa shape index (κ2) is 7.97. The minimum atomic E-state index is -3.51. The van der Waals surface area contributed by atoms with Gasteiger partial charge in [0.15, 0.2) is 6.10 Å². The summed E-state index contributed by atoms with van der Waals surface area (Å²) < 4.78 is 41.9. The molecule has 1 aliphatic heterocycles. The van der Waals surface area contributed by atoms with E-state index >= 15 is 0 Å². The average Bonchev–Trinajstić information content (AvgIpc) is 2.87. The highest BCUT2D eigenvalue weighted by Crippen LogP contribution is 2.34. The molecule has 0 aliphatic carbocycles. The lowest BCUT2D eigenvalue weighted by atomic mass is 10.2. The summed E-state index contributed by atoms with van der Waals surface area (Å²) in [5.74, 6) is 0.965. The normalized spacial score (nSPS) is 16.4. The number of anilines is 2. The molecule has 3 rings (SSSR count). The number of methoxy groups -OCH3 is 2. The molecule has 0 saturated carbocycles. The van der Waals surface area contributed by atoms with Crippen LogP contribution in [0.25, 0.3) is 0 Å². The fourth-order valence-corrected chi connectivity index (χ4v) is 3.93. The van der Waals surface area contributed by atoms with E-state index in [1.54, 1.807) is 42.5 Å². The molecule has 0 fully saturated rings. The monoisotopic (exact) mass is 406 g/mol. The van der Waals surface area contributed by atoms with Crippen molar-refractivity contribution < 1.29 is 27.4 Å². The van der Waals surface area contributed by atoms with E-state index in [0.717, 1.165) is 6.26 Å². The van der Waals surface area contributed by atoms with Crippen LogP contribution in [0.2, 0.25) is 0 Å². The van der Waals surface area contributed by atoms with Gasteiger partial charge in [-0.25, -0.2) is 8.42 Å². The molecule has 150 valence electrons. The van der Waals surface area contributed by atoms with E-state index in [4.69, 9.17) is 14.2 Å². The predicted octanol–water partition coefficient (Wildman–Crippen LogP) is 2.26. The summed E-state index contributed by atoms with van der Waals surface area (Å²) in [6.07, 6.45) is 0.453. The molecule has 28 heavy (non-hydrogen) atoms. The SMILES string of the molecule is COc1ccc(OC)c(NC(=O)[C@H]2CCN(S(C)(=O)=O)c3ccccc3O2)c1. The quantitative estimate of drug-likeness (QED) is 0.819. The molecule has 1 amide bonds. The van der Waals surface area contributed by atoms with Gasteiger partial charge in [-0.2, -0.15) is 0 Å². The van der Waals surface area contributed by atoms with Gasteiger partial charge < -0.3 is 19.5 Å². The Morgan fingerprint density at radius 2 is 1.93 bits per heavy atom. The predicted molar refractivity (Wildman–Crippen MR) is 106 cm³/mol. The zero-order valence-corrected chi connectivity index (χ0v) is 16.7. The number of ether oxygens (including phenoxy) is 3. The van der Waals surface area contributed by atoms with Crippen LogP contribution in [0.3, 0.4) is 0 Å². The smallest absolute Gasteiger partial charge is 0.265 e.